The van der Waals surface area contributed by atoms with Crippen LogP contribution in [0.4, 0.5) is 31.1 Å². The number of alkyl halides is 6. The summed E-state index contributed by atoms with van der Waals surface area (Å²) in [5.74, 6) is 0. The number of carbonyl (C=O) groups excluding carboxylic acids is 1. The summed E-state index contributed by atoms with van der Waals surface area (Å²) in [5, 5.41) is 2.28. The van der Waals surface area contributed by atoms with Crippen molar-refractivity contribution in [3.63, 3.8) is 0 Å². The zero-order valence-corrected chi connectivity index (χ0v) is 12.8. The van der Waals surface area contributed by atoms with Gasteiger partial charge in [-0.15, -0.1) is 0 Å². The highest BCUT2D eigenvalue weighted by molar-refractivity contribution is 5.73. The van der Waals surface area contributed by atoms with Crippen LogP contribution in [0.5, 0.6) is 0 Å². The normalized spacial score (nSPS) is 12.2. The minimum atomic E-state index is -4.92. The molecule has 0 saturated carbocycles. The summed E-state index contributed by atoms with van der Waals surface area (Å²) in [5.41, 5.74) is 2.15. The van der Waals surface area contributed by atoms with Crippen molar-refractivity contribution in [3.05, 3.63) is 34.9 Å². The number of nitrogens with two attached hydrogens (primary N) is 1. The molecule has 0 aliphatic rings. The minimum absolute atomic E-state index is 0.0404. The maximum Gasteiger partial charge on any atom is 0.416 e. The smallest absolute Gasteiger partial charge is 0.334 e. The topological polar surface area (TPSA) is 58.4 Å². The summed E-state index contributed by atoms with van der Waals surface area (Å²) < 4.78 is 76.4. The van der Waals surface area contributed by atoms with Gasteiger partial charge in [0.1, 0.15) is 0 Å². The van der Waals surface area contributed by atoms with Crippen molar-refractivity contribution in [1.29, 1.82) is 0 Å². The number of benzene rings is 1. The second kappa shape index (κ2) is 7.73. The molecule has 0 fully saturated rings. The molecule has 4 nitrogen and oxygen atoms in total. The molecule has 10 heteroatoms. The Balaban J connectivity index is 2.93. The zero-order chi connectivity index (χ0) is 18.5. The first-order chi connectivity index (χ1) is 10.9. The summed E-state index contributed by atoms with van der Waals surface area (Å²) in [6, 6.07) is 0.582. The predicted octanol–water partition coefficient (Wildman–Crippen LogP) is 3.21. The van der Waals surface area contributed by atoms with Gasteiger partial charge in [-0.25, -0.2) is 4.79 Å². The minimum Gasteiger partial charge on any atom is -0.334 e. The molecule has 0 aliphatic heterocycles. The molecule has 136 valence electrons. The molecule has 24 heavy (non-hydrogen) atoms. The van der Waals surface area contributed by atoms with Crippen LogP contribution in [0.15, 0.2) is 18.2 Å². The van der Waals surface area contributed by atoms with Crippen molar-refractivity contribution in [2.45, 2.75) is 25.3 Å². The van der Waals surface area contributed by atoms with E-state index in [-0.39, 0.29) is 11.6 Å². The van der Waals surface area contributed by atoms with E-state index in [1.54, 1.807) is 0 Å². The lowest BCUT2D eigenvalue weighted by molar-refractivity contribution is -0.143. The van der Waals surface area contributed by atoms with E-state index in [1.807, 2.05) is 0 Å². The first kappa shape index (κ1) is 20.1. The van der Waals surface area contributed by atoms with Crippen LogP contribution in [0.3, 0.4) is 0 Å². The summed E-state index contributed by atoms with van der Waals surface area (Å²) in [6.07, 6.45) is -9.32. The third kappa shape index (κ3) is 5.91. The Morgan fingerprint density at radius 1 is 1.08 bits per heavy atom. The van der Waals surface area contributed by atoms with E-state index in [1.165, 1.54) is 11.9 Å². The fourth-order valence-electron chi connectivity index (χ4n) is 1.86. The molecule has 0 aromatic heterocycles. The highest BCUT2D eigenvalue weighted by Crippen LogP contribution is 2.36. The number of nitrogens with zero attached hydrogens (tertiary/aromatic N) is 1. The van der Waals surface area contributed by atoms with Crippen molar-refractivity contribution < 1.29 is 31.1 Å². The van der Waals surface area contributed by atoms with Crippen molar-refractivity contribution in [2.75, 3.05) is 20.1 Å². The van der Waals surface area contributed by atoms with Gasteiger partial charge in [-0.1, -0.05) is 0 Å². The van der Waals surface area contributed by atoms with Crippen LogP contribution >= 0.6 is 0 Å². The summed E-state index contributed by atoms with van der Waals surface area (Å²) in [4.78, 5) is 13.0. The van der Waals surface area contributed by atoms with Gasteiger partial charge in [0.05, 0.1) is 11.1 Å². The molecule has 1 rings (SSSR count). The molecular formula is C14H17F6N3O. The second-order valence-corrected chi connectivity index (χ2v) is 5.14. The molecule has 1 aromatic rings. The van der Waals surface area contributed by atoms with Gasteiger partial charge in [-0.05, 0) is 36.7 Å². The molecule has 0 unspecified atom stereocenters. The molecule has 0 atom stereocenters. The van der Waals surface area contributed by atoms with Crippen molar-refractivity contribution in [1.82, 2.24) is 10.2 Å². The van der Waals surface area contributed by atoms with Gasteiger partial charge in [0.15, 0.2) is 0 Å². The van der Waals surface area contributed by atoms with E-state index < -0.39 is 36.1 Å². The van der Waals surface area contributed by atoms with E-state index in [4.69, 9.17) is 5.73 Å². The number of hydrogen-bond acceptors (Lipinski definition) is 2. The Hall–Kier alpha value is -1.97. The Morgan fingerprint density at radius 2 is 1.58 bits per heavy atom. The average molecular weight is 357 g/mol. The third-order valence-electron chi connectivity index (χ3n) is 3.14. The average Bonchev–Trinajstić information content (AvgIpc) is 2.48. The van der Waals surface area contributed by atoms with Crippen LogP contribution in [-0.4, -0.2) is 31.1 Å². The van der Waals surface area contributed by atoms with Gasteiger partial charge in [0, 0.05) is 20.1 Å². The Kier molecular flexibility index (Phi) is 6.47. The van der Waals surface area contributed by atoms with Crippen molar-refractivity contribution in [2.24, 2.45) is 5.73 Å². The fraction of sp³-hybridized carbons (Fsp3) is 0.500. The van der Waals surface area contributed by atoms with E-state index >= 15 is 0 Å². The number of amides is 2. The number of rotatable bonds is 5. The first-order valence-corrected chi connectivity index (χ1v) is 6.92. The van der Waals surface area contributed by atoms with Gasteiger partial charge >= 0.3 is 18.4 Å². The summed E-state index contributed by atoms with van der Waals surface area (Å²) in [6.45, 7) is 0.206. The van der Waals surface area contributed by atoms with E-state index in [0.717, 1.165) is 0 Å². The molecular weight excluding hydrogens is 340 g/mol. The molecule has 0 aliphatic carbocycles. The fourth-order valence-corrected chi connectivity index (χ4v) is 1.86. The highest BCUT2D eigenvalue weighted by atomic mass is 19.4. The molecule has 2 amide bonds. The van der Waals surface area contributed by atoms with Crippen LogP contribution in [0.1, 0.15) is 23.1 Å². The SMILES string of the molecule is CN(CCCN)C(=O)NCc1cc(C(F)(F)F)cc(C(F)(F)F)c1. The van der Waals surface area contributed by atoms with Gasteiger partial charge in [-0.2, -0.15) is 26.3 Å². The van der Waals surface area contributed by atoms with Crippen molar-refractivity contribution >= 4 is 6.03 Å². The van der Waals surface area contributed by atoms with Gasteiger partial charge < -0.3 is 16.0 Å². The predicted molar refractivity (Wildman–Crippen MR) is 75.0 cm³/mol. The van der Waals surface area contributed by atoms with Gasteiger partial charge in [0.25, 0.3) is 0 Å². The second-order valence-electron chi connectivity index (χ2n) is 5.14. The lowest BCUT2D eigenvalue weighted by atomic mass is 10.0. The number of carbonyl (C=O) groups is 1. The maximum atomic E-state index is 12.7. The number of urea groups is 1. The van der Waals surface area contributed by atoms with Crippen LogP contribution in [-0.2, 0) is 18.9 Å². The van der Waals surface area contributed by atoms with Crippen LogP contribution < -0.4 is 11.1 Å². The molecule has 0 spiro atoms. The molecule has 0 radical (unpaired) electrons. The van der Waals surface area contributed by atoms with Crippen LogP contribution in [0, 0.1) is 0 Å². The van der Waals surface area contributed by atoms with Crippen LogP contribution in [0.2, 0.25) is 0 Å². The monoisotopic (exact) mass is 357 g/mol. The first-order valence-electron chi connectivity index (χ1n) is 6.92. The van der Waals surface area contributed by atoms with E-state index in [2.05, 4.69) is 5.32 Å². The third-order valence-corrected chi connectivity index (χ3v) is 3.14. The Bertz CT molecular complexity index is 538. The van der Waals surface area contributed by atoms with Crippen LogP contribution in [0.25, 0.3) is 0 Å². The maximum absolute atomic E-state index is 12.7. The molecule has 1 aromatic carbocycles. The molecule has 0 heterocycles. The number of nitrogens with one attached hydrogen (secondary N) is 1. The molecule has 3 N–H and O–H groups in total. The lowest BCUT2D eigenvalue weighted by Crippen LogP contribution is -2.38. The Morgan fingerprint density at radius 3 is 2.00 bits per heavy atom. The zero-order valence-electron chi connectivity index (χ0n) is 12.8. The van der Waals surface area contributed by atoms with E-state index in [9.17, 15) is 31.1 Å². The standard InChI is InChI=1S/C14H17F6N3O/c1-23(4-2-3-21)12(24)22-8-9-5-10(13(15,16)17)7-11(6-9)14(18,19)20/h5-7H,2-4,8,21H2,1H3,(H,22,24). The quantitative estimate of drug-likeness (QED) is 0.795. The van der Waals surface area contributed by atoms with Gasteiger partial charge in [-0.3, -0.25) is 0 Å². The van der Waals surface area contributed by atoms with E-state index in [0.29, 0.717) is 31.6 Å². The lowest BCUT2D eigenvalue weighted by Gasteiger charge is -2.18. The highest BCUT2D eigenvalue weighted by Gasteiger charge is 2.36. The Labute approximate surface area is 134 Å². The summed E-state index contributed by atoms with van der Waals surface area (Å²) in [7, 11) is 1.44. The summed E-state index contributed by atoms with van der Waals surface area (Å²) >= 11 is 0. The largest absolute Gasteiger partial charge is 0.416 e. The number of halogens is 6. The number of hydrogen-bond donors (Lipinski definition) is 2. The molecule has 0 saturated heterocycles. The van der Waals surface area contributed by atoms with Crippen molar-refractivity contribution in [3.8, 4) is 0 Å². The molecule has 0 bridgehead atoms. The van der Waals surface area contributed by atoms with Gasteiger partial charge in [0.2, 0.25) is 0 Å².